The average molecular weight is 179 g/mol. The molecule has 0 saturated carbocycles. The molecule has 0 unspecified atom stereocenters. The highest BCUT2D eigenvalue weighted by Crippen LogP contribution is 2.29. The van der Waals surface area contributed by atoms with Crippen molar-refractivity contribution in [3.8, 4) is 6.07 Å². The van der Waals surface area contributed by atoms with Gasteiger partial charge in [0.2, 0.25) is 0 Å². The normalized spacial score (nSPS) is 11.2. The molecule has 0 radical (unpaired) electrons. The van der Waals surface area contributed by atoms with Gasteiger partial charge in [0.15, 0.2) is 0 Å². The molecule has 1 heterocycles. The van der Waals surface area contributed by atoms with E-state index < -0.39 is 0 Å². The molecule has 12 heavy (non-hydrogen) atoms. The molecule has 1 nitrogen and oxygen atoms in total. The summed E-state index contributed by atoms with van der Waals surface area (Å²) in [7, 11) is 0. The molecule has 1 aromatic rings. The van der Waals surface area contributed by atoms with Gasteiger partial charge in [-0.3, -0.25) is 0 Å². The minimum atomic E-state index is 0.221. The molecule has 0 aliphatic carbocycles. The van der Waals surface area contributed by atoms with Crippen LogP contribution in [-0.2, 0) is 11.8 Å². The number of thiophene rings is 1. The highest BCUT2D eigenvalue weighted by Gasteiger charge is 2.15. The number of hydrogen-bond acceptors (Lipinski definition) is 2. The second kappa shape index (κ2) is 3.28. The first-order valence-corrected chi connectivity index (χ1v) is 4.82. The van der Waals surface area contributed by atoms with E-state index >= 15 is 0 Å². The molecular formula is C10H13NS. The maximum Gasteiger partial charge on any atom is 0.0695 e. The van der Waals surface area contributed by atoms with Crippen LogP contribution in [0.3, 0.4) is 0 Å². The fourth-order valence-corrected chi connectivity index (χ4v) is 1.95. The predicted octanol–water partition coefficient (Wildman–Crippen LogP) is 3.11. The largest absolute Gasteiger partial charge is 0.198 e. The van der Waals surface area contributed by atoms with E-state index in [0.717, 1.165) is 0 Å². The van der Waals surface area contributed by atoms with Crippen molar-refractivity contribution in [3.63, 3.8) is 0 Å². The summed E-state index contributed by atoms with van der Waals surface area (Å²) in [6, 6.07) is 6.33. The van der Waals surface area contributed by atoms with Crippen molar-refractivity contribution in [2.75, 3.05) is 0 Å². The Labute approximate surface area is 77.7 Å². The van der Waals surface area contributed by atoms with E-state index in [-0.39, 0.29) is 5.41 Å². The number of hydrogen-bond donors (Lipinski definition) is 0. The minimum absolute atomic E-state index is 0.221. The molecule has 0 aromatic carbocycles. The van der Waals surface area contributed by atoms with Crippen molar-refractivity contribution in [2.45, 2.75) is 32.6 Å². The molecule has 0 fully saturated rings. The van der Waals surface area contributed by atoms with Crippen molar-refractivity contribution in [1.82, 2.24) is 0 Å². The van der Waals surface area contributed by atoms with Gasteiger partial charge >= 0.3 is 0 Å². The van der Waals surface area contributed by atoms with Crippen LogP contribution in [0.15, 0.2) is 12.1 Å². The summed E-state index contributed by atoms with van der Waals surface area (Å²) in [5, 5.41) is 8.49. The van der Waals surface area contributed by atoms with Crippen LogP contribution in [0.25, 0.3) is 0 Å². The predicted molar refractivity (Wildman–Crippen MR) is 52.3 cm³/mol. The summed E-state index contributed by atoms with van der Waals surface area (Å²) < 4.78 is 0. The lowest BCUT2D eigenvalue weighted by molar-refractivity contribution is 0.604. The van der Waals surface area contributed by atoms with Gasteiger partial charge in [-0.15, -0.1) is 11.3 Å². The van der Waals surface area contributed by atoms with Crippen LogP contribution < -0.4 is 0 Å². The fraction of sp³-hybridized carbons (Fsp3) is 0.500. The van der Waals surface area contributed by atoms with E-state index in [1.807, 2.05) is 0 Å². The summed E-state index contributed by atoms with van der Waals surface area (Å²) in [6.45, 7) is 6.57. The van der Waals surface area contributed by atoms with E-state index in [2.05, 4.69) is 39.0 Å². The van der Waals surface area contributed by atoms with Crippen LogP contribution in [0.4, 0.5) is 0 Å². The van der Waals surface area contributed by atoms with E-state index in [1.54, 1.807) is 11.3 Å². The molecule has 0 N–H and O–H groups in total. The zero-order valence-corrected chi connectivity index (χ0v) is 8.53. The van der Waals surface area contributed by atoms with Gasteiger partial charge in [0.1, 0.15) is 0 Å². The van der Waals surface area contributed by atoms with Crippen LogP contribution in [0.1, 0.15) is 30.5 Å². The summed E-state index contributed by atoms with van der Waals surface area (Å²) in [5.41, 5.74) is 0.221. The maximum absolute atomic E-state index is 8.49. The summed E-state index contributed by atoms with van der Waals surface area (Å²) in [4.78, 5) is 2.52. The van der Waals surface area contributed by atoms with Crippen LogP contribution in [-0.4, -0.2) is 0 Å². The molecule has 2 heteroatoms. The van der Waals surface area contributed by atoms with Crippen molar-refractivity contribution in [3.05, 3.63) is 21.9 Å². The topological polar surface area (TPSA) is 23.8 Å². The summed E-state index contributed by atoms with van der Waals surface area (Å²) >= 11 is 1.74. The van der Waals surface area contributed by atoms with Gasteiger partial charge in [0, 0.05) is 9.75 Å². The lowest BCUT2D eigenvalue weighted by Gasteiger charge is -2.15. The Kier molecular flexibility index (Phi) is 2.54. The van der Waals surface area contributed by atoms with Crippen molar-refractivity contribution < 1.29 is 0 Å². The first kappa shape index (κ1) is 9.28. The first-order chi connectivity index (χ1) is 5.54. The van der Waals surface area contributed by atoms with Gasteiger partial charge in [0.25, 0.3) is 0 Å². The van der Waals surface area contributed by atoms with Gasteiger partial charge in [-0.1, -0.05) is 20.8 Å². The molecule has 0 bridgehead atoms. The Bertz CT molecular complexity index is 298. The highest BCUT2D eigenvalue weighted by molar-refractivity contribution is 7.12. The van der Waals surface area contributed by atoms with Gasteiger partial charge in [-0.05, 0) is 17.5 Å². The molecule has 0 aliphatic rings. The zero-order valence-electron chi connectivity index (χ0n) is 7.72. The Balaban J connectivity index is 2.86. The van der Waals surface area contributed by atoms with Gasteiger partial charge in [-0.25, -0.2) is 0 Å². The first-order valence-electron chi connectivity index (χ1n) is 4.00. The van der Waals surface area contributed by atoms with Gasteiger partial charge < -0.3 is 0 Å². The number of nitrogens with zero attached hydrogens (tertiary/aromatic N) is 1. The second-order valence-electron chi connectivity index (χ2n) is 3.85. The van der Waals surface area contributed by atoms with Crippen LogP contribution in [0.2, 0.25) is 0 Å². The quantitative estimate of drug-likeness (QED) is 0.649. The molecule has 0 amide bonds. The molecule has 1 rings (SSSR count). The SMILES string of the molecule is CC(C)(C)c1ccc(CC#N)s1. The van der Waals surface area contributed by atoms with E-state index in [1.165, 1.54) is 9.75 Å². The number of nitriles is 1. The molecule has 0 saturated heterocycles. The van der Waals surface area contributed by atoms with Crippen LogP contribution in [0, 0.1) is 11.3 Å². The molecule has 1 aromatic heterocycles. The molecule has 0 spiro atoms. The van der Waals surface area contributed by atoms with Crippen LogP contribution >= 0.6 is 11.3 Å². The zero-order chi connectivity index (χ0) is 9.19. The third kappa shape index (κ3) is 2.09. The van der Waals surface area contributed by atoms with Crippen molar-refractivity contribution >= 4 is 11.3 Å². The van der Waals surface area contributed by atoms with E-state index in [9.17, 15) is 0 Å². The smallest absolute Gasteiger partial charge is 0.0695 e. The van der Waals surface area contributed by atoms with E-state index in [0.29, 0.717) is 6.42 Å². The summed E-state index contributed by atoms with van der Waals surface area (Å²) in [5.74, 6) is 0. The third-order valence-corrected chi connectivity index (χ3v) is 3.17. The standard InChI is InChI=1S/C10H13NS/c1-10(2,3)9-5-4-8(12-9)6-7-11/h4-5H,6H2,1-3H3. The van der Waals surface area contributed by atoms with Gasteiger partial charge in [0.05, 0.1) is 12.5 Å². The van der Waals surface area contributed by atoms with Gasteiger partial charge in [-0.2, -0.15) is 5.26 Å². The lowest BCUT2D eigenvalue weighted by Crippen LogP contribution is -2.07. The molecule has 0 atom stereocenters. The number of rotatable bonds is 1. The monoisotopic (exact) mass is 179 g/mol. The Morgan fingerprint density at radius 1 is 1.42 bits per heavy atom. The van der Waals surface area contributed by atoms with E-state index in [4.69, 9.17) is 5.26 Å². The minimum Gasteiger partial charge on any atom is -0.198 e. The Morgan fingerprint density at radius 2 is 2.08 bits per heavy atom. The lowest BCUT2D eigenvalue weighted by atomic mass is 9.95. The third-order valence-electron chi connectivity index (χ3n) is 1.65. The second-order valence-corrected chi connectivity index (χ2v) is 5.02. The molecule has 0 aliphatic heterocycles. The summed E-state index contributed by atoms with van der Waals surface area (Å²) in [6.07, 6.45) is 0.542. The molecule has 64 valence electrons. The molecular weight excluding hydrogens is 166 g/mol. The van der Waals surface area contributed by atoms with Crippen molar-refractivity contribution in [1.29, 1.82) is 5.26 Å². The fourth-order valence-electron chi connectivity index (χ4n) is 0.954. The maximum atomic E-state index is 8.49. The highest BCUT2D eigenvalue weighted by atomic mass is 32.1. The Hall–Kier alpha value is -0.810. The van der Waals surface area contributed by atoms with Crippen molar-refractivity contribution in [2.24, 2.45) is 0 Å². The van der Waals surface area contributed by atoms with Crippen LogP contribution in [0.5, 0.6) is 0 Å². The Morgan fingerprint density at radius 3 is 2.50 bits per heavy atom. The average Bonchev–Trinajstić information content (AvgIpc) is 2.35.